The zero-order valence-corrected chi connectivity index (χ0v) is 13.6. The lowest BCUT2D eigenvalue weighted by Gasteiger charge is -2.05. The number of aromatic amines is 1. The average Bonchev–Trinajstić information content (AvgIpc) is 3.07. The van der Waals surface area contributed by atoms with Crippen LogP contribution >= 0.6 is 11.6 Å². The maximum Gasteiger partial charge on any atom is 0.277 e. The molecule has 0 aliphatic carbocycles. The Morgan fingerprint density at radius 3 is 2.76 bits per heavy atom. The summed E-state index contributed by atoms with van der Waals surface area (Å²) >= 11 is 6.08. The number of H-pyrrole nitrogens is 1. The summed E-state index contributed by atoms with van der Waals surface area (Å²) in [5.41, 5.74) is 1.71. The predicted octanol–water partition coefficient (Wildman–Crippen LogP) is 2.15. The first-order chi connectivity index (χ1) is 12.1. The minimum absolute atomic E-state index is 0.0287. The lowest BCUT2D eigenvalue weighted by molar-refractivity contribution is 0.0947. The molecule has 0 saturated carbocycles. The van der Waals surface area contributed by atoms with E-state index in [1.165, 1.54) is 4.52 Å². The van der Waals surface area contributed by atoms with Crippen LogP contribution in [0, 0.1) is 0 Å². The maximum atomic E-state index is 12.5. The fourth-order valence-corrected chi connectivity index (χ4v) is 2.86. The molecular formula is C17H12ClN5O2. The minimum Gasteiger partial charge on any atom is -0.346 e. The first-order valence-electron chi connectivity index (χ1n) is 7.53. The Hall–Kier alpha value is -3.19. The molecule has 0 atom stereocenters. The van der Waals surface area contributed by atoms with Gasteiger partial charge >= 0.3 is 0 Å². The summed E-state index contributed by atoms with van der Waals surface area (Å²) in [5.74, 6) is -0.490. The van der Waals surface area contributed by atoms with Crippen LogP contribution in [0.5, 0.6) is 0 Å². The summed E-state index contributed by atoms with van der Waals surface area (Å²) < 4.78 is 1.37. The summed E-state index contributed by atoms with van der Waals surface area (Å²) in [6, 6.07) is 14.4. The number of hydrogen-bond donors (Lipinski definition) is 2. The Kier molecular flexibility index (Phi) is 3.70. The van der Waals surface area contributed by atoms with Gasteiger partial charge in [0.25, 0.3) is 11.5 Å². The van der Waals surface area contributed by atoms with Crippen LogP contribution in [-0.4, -0.2) is 25.7 Å². The number of amides is 1. The third kappa shape index (κ3) is 2.64. The number of carbonyl (C=O) groups excluding carboxylic acids is 1. The van der Waals surface area contributed by atoms with Crippen molar-refractivity contribution in [3.63, 3.8) is 0 Å². The van der Waals surface area contributed by atoms with Crippen molar-refractivity contribution >= 4 is 34.1 Å². The van der Waals surface area contributed by atoms with E-state index in [2.05, 4.69) is 20.6 Å². The number of hydrogen-bond acceptors (Lipinski definition) is 4. The third-order valence-corrected chi connectivity index (χ3v) is 4.25. The second kappa shape index (κ2) is 6.03. The van der Waals surface area contributed by atoms with Crippen molar-refractivity contribution in [2.24, 2.45) is 0 Å². The molecule has 2 aromatic carbocycles. The highest BCUT2D eigenvalue weighted by Crippen LogP contribution is 2.15. The van der Waals surface area contributed by atoms with E-state index >= 15 is 0 Å². The molecule has 0 aliphatic heterocycles. The van der Waals surface area contributed by atoms with Gasteiger partial charge in [0.15, 0.2) is 11.2 Å². The van der Waals surface area contributed by atoms with Crippen LogP contribution in [0.25, 0.3) is 16.6 Å². The predicted molar refractivity (Wildman–Crippen MR) is 93.7 cm³/mol. The fraction of sp³-hybridized carbons (Fsp3) is 0.0588. The number of halogens is 1. The van der Waals surface area contributed by atoms with Gasteiger partial charge in [-0.1, -0.05) is 47.1 Å². The van der Waals surface area contributed by atoms with Crippen LogP contribution in [0.1, 0.15) is 16.1 Å². The van der Waals surface area contributed by atoms with Gasteiger partial charge < -0.3 is 10.3 Å². The molecule has 0 spiro atoms. The maximum absolute atomic E-state index is 12.5. The van der Waals surface area contributed by atoms with E-state index in [-0.39, 0.29) is 17.8 Å². The largest absolute Gasteiger partial charge is 0.346 e. The molecule has 124 valence electrons. The highest BCUT2D eigenvalue weighted by atomic mass is 35.5. The Balaban J connectivity index is 1.72. The highest BCUT2D eigenvalue weighted by Gasteiger charge is 2.19. The van der Waals surface area contributed by atoms with Crippen LogP contribution in [0.2, 0.25) is 5.02 Å². The Labute approximate surface area is 146 Å². The van der Waals surface area contributed by atoms with Crippen LogP contribution in [-0.2, 0) is 6.54 Å². The topological polar surface area (TPSA) is 92.2 Å². The molecule has 1 amide bonds. The highest BCUT2D eigenvalue weighted by molar-refractivity contribution is 6.31. The molecular weight excluding hydrogens is 342 g/mol. The molecule has 0 radical (unpaired) electrons. The van der Waals surface area contributed by atoms with Crippen molar-refractivity contribution < 1.29 is 4.79 Å². The second-order valence-corrected chi connectivity index (χ2v) is 5.85. The monoisotopic (exact) mass is 353 g/mol. The molecule has 0 saturated heterocycles. The summed E-state index contributed by atoms with van der Waals surface area (Å²) in [6.45, 7) is 0.225. The number of rotatable bonds is 3. The Morgan fingerprint density at radius 1 is 1.16 bits per heavy atom. The van der Waals surface area contributed by atoms with Gasteiger partial charge in [0.05, 0.1) is 11.0 Å². The zero-order chi connectivity index (χ0) is 17.4. The molecule has 0 bridgehead atoms. The lowest BCUT2D eigenvalue weighted by atomic mass is 10.2. The minimum atomic E-state index is -0.490. The number of benzene rings is 2. The van der Waals surface area contributed by atoms with E-state index in [9.17, 15) is 9.59 Å². The molecule has 8 heteroatoms. The Morgan fingerprint density at radius 2 is 1.92 bits per heavy atom. The molecule has 0 unspecified atom stereocenters. The van der Waals surface area contributed by atoms with Crippen molar-refractivity contribution in [1.29, 1.82) is 0 Å². The van der Waals surface area contributed by atoms with Crippen molar-refractivity contribution in [3.05, 3.63) is 75.2 Å². The molecule has 4 rings (SSSR count). The number of nitrogens with one attached hydrogen (secondary N) is 2. The molecule has 4 aromatic rings. The van der Waals surface area contributed by atoms with E-state index < -0.39 is 11.5 Å². The van der Waals surface area contributed by atoms with Gasteiger partial charge in [0, 0.05) is 11.6 Å². The van der Waals surface area contributed by atoms with E-state index in [1.54, 1.807) is 24.3 Å². The van der Waals surface area contributed by atoms with Gasteiger partial charge in [-0.3, -0.25) is 9.59 Å². The van der Waals surface area contributed by atoms with Gasteiger partial charge in [-0.2, -0.15) is 0 Å². The quantitative estimate of drug-likeness (QED) is 0.590. The van der Waals surface area contributed by atoms with Gasteiger partial charge in [-0.25, -0.2) is 4.52 Å². The SMILES string of the molecule is O=C(NCc1ccccc1Cl)c1nnn2c1c(=O)[nH]c1ccccc12. The van der Waals surface area contributed by atoms with E-state index in [0.717, 1.165) is 5.56 Å². The standard InChI is InChI=1S/C17H12ClN5O2/c18-11-6-2-1-5-10(11)9-19-16(24)14-15-17(25)20-12-7-3-4-8-13(12)23(15)22-21-14/h1-8H,9H2,(H,19,24)(H,20,25). The molecule has 2 heterocycles. The molecule has 0 fully saturated rings. The van der Waals surface area contributed by atoms with Crippen molar-refractivity contribution in [2.45, 2.75) is 6.54 Å². The van der Waals surface area contributed by atoms with Crippen LogP contribution in [0.4, 0.5) is 0 Å². The fourth-order valence-electron chi connectivity index (χ4n) is 2.65. The van der Waals surface area contributed by atoms with Crippen molar-refractivity contribution in [3.8, 4) is 0 Å². The molecule has 0 aliphatic rings. The first kappa shape index (κ1) is 15.3. The van der Waals surface area contributed by atoms with Crippen molar-refractivity contribution in [2.75, 3.05) is 0 Å². The van der Waals surface area contributed by atoms with E-state index in [1.807, 2.05) is 24.3 Å². The van der Waals surface area contributed by atoms with Gasteiger partial charge in [0.1, 0.15) is 0 Å². The Bertz CT molecular complexity index is 1160. The van der Waals surface area contributed by atoms with Crippen LogP contribution in [0.3, 0.4) is 0 Å². The molecule has 2 N–H and O–H groups in total. The lowest BCUT2D eigenvalue weighted by Crippen LogP contribution is -2.25. The van der Waals surface area contributed by atoms with E-state index in [0.29, 0.717) is 16.1 Å². The zero-order valence-electron chi connectivity index (χ0n) is 12.9. The number of aromatic nitrogens is 4. The summed E-state index contributed by atoms with van der Waals surface area (Å²) in [5, 5.41) is 11.1. The molecule has 7 nitrogen and oxygen atoms in total. The normalized spacial score (nSPS) is 11.1. The first-order valence-corrected chi connectivity index (χ1v) is 7.91. The van der Waals surface area contributed by atoms with Gasteiger partial charge in [-0.15, -0.1) is 5.10 Å². The van der Waals surface area contributed by atoms with E-state index in [4.69, 9.17) is 11.6 Å². The van der Waals surface area contributed by atoms with Gasteiger partial charge in [-0.05, 0) is 23.8 Å². The number of carbonyl (C=O) groups is 1. The number of fused-ring (bicyclic) bond motifs is 3. The second-order valence-electron chi connectivity index (χ2n) is 5.44. The third-order valence-electron chi connectivity index (χ3n) is 3.88. The smallest absolute Gasteiger partial charge is 0.277 e. The summed E-state index contributed by atoms with van der Waals surface area (Å²) in [6.07, 6.45) is 0. The number of para-hydroxylation sites is 2. The molecule has 2 aromatic heterocycles. The van der Waals surface area contributed by atoms with Crippen LogP contribution in [0.15, 0.2) is 53.3 Å². The van der Waals surface area contributed by atoms with Gasteiger partial charge in [0.2, 0.25) is 0 Å². The molecule has 25 heavy (non-hydrogen) atoms. The average molecular weight is 354 g/mol. The van der Waals surface area contributed by atoms with Crippen molar-refractivity contribution in [1.82, 2.24) is 25.1 Å². The summed E-state index contributed by atoms with van der Waals surface area (Å²) in [4.78, 5) is 27.6. The summed E-state index contributed by atoms with van der Waals surface area (Å²) in [7, 11) is 0. The number of nitrogens with zero attached hydrogens (tertiary/aromatic N) is 3. The van der Waals surface area contributed by atoms with Crippen LogP contribution < -0.4 is 10.9 Å².